The molecule has 7 nitrogen and oxygen atoms in total. The fourth-order valence-electron chi connectivity index (χ4n) is 4.63. The van der Waals surface area contributed by atoms with Crippen LogP contribution in [-0.2, 0) is 20.8 Å². The lowest BCUT2D eigenvalue weighted by Crippen LogP contribution is -2.60. The molecule has 2 heterocycles. The molecule has 0 aliphatic carbocycles. The fourth-order valence-corrected chi connectivity index (χ4v) is 4.63. The second kappa shape index (κ2) is 10.1. The Hall–Kier alpha value is -3.35. The summed E-state index contributed by atoms with van der Waals surface area (Å²) in [6, 6.07) is 15.4. The van der Waals surface area contributed by atoms with Crippen molar-refractivity contribution < 1.29 is 19.1 Å². The zero-order valence-corrected chi connectivity index (χ0v) is 19.3. The summed E-state index contributed by atoms with van der Waals surface area (Å²) in [7, 11) is 1.65. The van der Waals surface area contributed by atoms with Crippen molar-refractivity contribution >= 4 is 17.7 Å². The number of carbonyl (C=O) groups excluding carboxylic acids is 3. The van der Waals surface area contributed by atoms with Gasteiger partial charge in [0.1, 0.15) is 11.8 Å². The molecule has 0 spiro atoms. The van der Waals surface area contributed by atoms with E-state index in [2.05, 4.69) is 0 Å². The van der Waals surface area contributed by atoms with Gasteiger partial charge in [0.25, 0.3) is 0 Å². The second-order valence-electron chi connectivity index (χ2n) is 8.57. The monoisotopic (exact) mass is 449 g/mol. The number of hydrogen-bond donors (Lipinski definition) is 0. The minimum Gasteiger partial charge on any atom is -0.497 e. The Morgan fingerprint density at radius 3 is 2.45 bits per heavy atom. The normalized spacial score (nSPS) is 18.7. The SMILES string of the molecule is CCN1CCN(C(=O)CN2CCCC2=O)C(Cc2ccc(-c3cccc(OC)c3)cc2)C1=O. The molecule has 174 valence electrons. The number of carbonyl (C=O) groups is 3. The van der Waals surface area contributed by atoms with Crippen LogP contribution in [0.1, 0.15) is 25.3 Å². The summed E-state index contributed by atoms with van der Waals surface area (Å²) in [4.78, 5) is 43.3. The maximum atomic E-state index is 13.2. The van der Waals surface area contributed by atoms with E-state index >= 15 is 0 Å². The molecule has 1 unspecified atom stereocenters. The highest BCUT2D eigenvalue weighted by Crippen LogP contribution is 2.25. The molecule has 3 amide bonds. The van der Waals surface area contributed by atoms with E-state index in [0.29, 0.717) is 39.0 Å². The fraction of sp³-hybridized carbons (Fsp3) is 0.423. The Balaban J connectivity index is 1.51. The van der Waals surface area contributed by atoms with E-state index in [4.69, 9.17) is 4.74 Å². The first-order valence-electron chi connectivity index (χ1n) is 11.6. The number of likely N-dealkylation sites (tertiary alicyclic amines) is 1. The molecular formula is C26H31N3O4. The van der Waals surface area contributed by atoms with Gasteiger partial charge < -0.3 is 19.4 Å². The third-order valence-corrected chi connectivity index (χ3v) is 6.57. The van der Waals surface area contributed by atoms with E-state index in [1.165, 1.54) is 0 Å². The van der Waals surface area contributed by atoms with Crippen LogP contribution in [0.25, 0.3) is 11.1 Å². The minimum absolute atomic E-state index is 0.0200. The van der Waals surface area contributed by atoms with Gasteiger partial charge in [-0.2, -0.15) is 0 Å². The van der Waals surface area contributed by atoms with Crippen molar-refractivity contribution in [3.8, 4) is 16.9 Å². The lowest BCUT2D eigenvalue weighted by Gasteiger charge is -2.41. The summed E-state index contributed by atoms with van der Waals surface area (Å²) < 4.78 is 5.32. The summed E-state index contributed by atoms with van der Waals surface area (Å²) in [5.74, 6) is 0.648. The third kappa shape index (κ3) is 5.02. The van der Waals surface area contributed by atoms with E-state index < -0.39 is 6.04 Å². The molecule has 0 saturated carbocycles. The first-order valence-corrected chi connectivity index (χ1v) is 11.6. The largest absolute Gasteiger partial charge is 0.497 e. The molecule has 2 saturated heterocycles. The average Bonchev–Trinajstić information content (AvgIpc) is 3.24. The van der Waals surface area contributed by atoms with Crippen molar-refractivity contribution in [2.24, 2.45) is 0 Å². The van der Waals surface area contributed by atoms with Gasteiger partial charge in [0.2, 0.25) is 17.7 Å². The molecule has 2 aromatic carbocycles. The standard InChI is InChI=1S/C26H31N3O4/c1-3-27-14-15-29(25(31)18-28-13-5-8-24(28)30)23(26(27)32)16-19-9-11-20(12-10-19)21-6-4-7-22(17-21)33-2/h4,6-7,9-12,17,23H,3,5,8,13-16,18H2,1-2H3. The zero-order chi connectivity index (χ0) is 23.4. The molecule has 2 fully saturated rings. The smallest absolute Gasteiger partial charge is 0.245 e. The van der Waals surface area contributed by atoms with Gasteiger partial charge in [-0.25, -0.2) is 0 Å². The van der Waals surface area contributed by atoms with Crippen molar-refractivity contribution in [2.75, 3.05) is 39.8 Å². The van der Waals surface area contributed by atoms with Crippen molar-refractivity contribution in [3.05, 3.63) is 54.1 Å². The lowest BCUT2D eigenvalue weighted by atomic mass is 9.98. The number of hydrogen-bond acceptors (Lipinski definition) is 4. The van der Waals surface area contributed by atoms with Crippen LogP contribution in [0.5, 0.6) is 5.75 Å². The third-order valence-electron chi connectivity index (χ3n) is 6.57. The van der Waals surface area contributed by atoms with Gasteiger partial charge in [0.05, 0.1) is 13.7 Å². The highest BCUT2D eigenvalue weighted by molar-refractivity contribution is 5.91. The Labute approximate surface area is 194 Å². The first-order chi connectivity index (χ1) is 16.0. The van der Waals surface area contributed by atoms with Crippen LogP contribution in [0.2, 0.25) is 0 Å². The van der Waals surface area contributed by atoms with Gasteiger partial charge in [-0.15, -0.1) is 0 Å². The van der Waals surface area contributed by atoms with Crippen molar-refractivity contribution in [1.29, 1.82) is 0 Å². The highest BCUT2D eigenvalue weighted by atomic mass is 16.5. The van der Waals surface area contributed by atoms with Gasteiger partial charge in [-0.1, -0.05) is 36.4 Å². The van der Waals surface area contributed by atoms with Gasteiger partial charge in [-0.05, 0) is 42.2 Å². The number of rotatable bonds is 7. The van der Waals surface area contributed by atoms with Gasteiger partial charge in [-0.3, -0.25) is 14.4 Å². The van der Waals surface area contributed by atoms with E-state index in [-0.39, 0.29) is 24.3 Å². The van der Waals surface area contributed by atoms with Crippen LogP contribution in [0.15, 0.2) is 48.5 Å². The number of ether oxygens (including phenoxy) is 1. The van der Waals surface area contributed by atoms with E-state index in [1.807, 2.05) is 55.5 Å². The molecule has 0 radical (unpaired) electrons. The van der Waals surface area contributed by atoms with Crippen LogP contribution >= 0.6 is 0 Å². The van der Waals surface area contributed by atoms with Crippen LogP contribution in [-0.4, -0.2) is 78.3 Å². The molecule has 7 heteroatoms. The number of benzene rings is 2. The number of piperazine rings is 1. The average molecular weight is 450 g/mol. The maximum absolute atomic E-state index is 13.2. The van der Waals surface area contributed by atoms with E-state index in [1.54, 1.807) is 21.8 Å². The molecule has 2 aromatic rings. The van der Waals surface area contributed by atoms with E-state index in [9.17, 15) is 14.4 Å². The number of methoxy groups -OCH3 is 1. The van der Waals surface area contributed by atoms with Crippen molar-refractivity contribution in [1.82, 2.24) is 14.7 Å². The Kier molecular flexibility index (Phi) is 6.96. The predicted molar refractivity (Wildman–Crippen MR) is 126 cm³/mol. The summed E-state index contributed by atoms with van der Waals surface area (Å²) in [6.45, 7) is 4.27. The minimum atomic E-state index is -0.549. The molecule has 33 heavy (non-hydrogen) atoms. The molecule has 1 atom stereocenters. The van der Waals surface area contributed by atoms with Crippen LogP contribution in [0.4, 0.5) is 0 Å². The first kappa shape index (κ1) is 22.8. The van der Waals surface area contributed by atoms with Gasteiger partial charge in [0, 0.05) is 39.0 Å². The molecular weight excluding hydrogens is 418 g/mol. The summed E-state index contributed by atoms with van der Waals surface area (Å²) in [6.07, 6.45) is 1.74. The Morgan fingerprint density at radius 1 is 1.00 bits per heavy atom. The Morgan fingerprint density at radius 2 is 1.79 bits per heavy atom. The predicted octanol–water partition coefficient (Wildman–Crippen LogP) is 2.59. The summed E-state index contributed by atoms with van der Waals surface area (Å²) >= 11 is 0. The second-order valence-corrected chi connectivity index (χ2v) is 8.57. The topological polar surface area (TPSA) is 70.2 Å². The van der Waals surface area contributed by atoms with Gasteiger partial charge >= 0.3 is 0 Å². The Bertz CT molecular complexity index is 1020. The maximum Gasteiger partial charge on any atom is 0.245 e. The molecule has 4 rings (SSSR count). The summed E-state index contributed by atoms with van der Waals surface area (Å²) in [5.41, 5.74) is 3.11. The quantitative estimate of drug-likeness (QED) is 0.652. The van der Waals surface area contributed by atoms with Gasteiger partial charge in [0.15, 0.2) is 0 Å². The van der Waals surface area contributed by atoms with Crippen LogP contribution < -0.4 is 4.74 Å². The lowest BCUT2D eigenvalue weighted by molar-refractivity contribution is -0.152. The van der Waals surface area contributed by atoms with Crippen LogP contribution in [0, 0.1) is 0 Å². The molecule has 0 N–H and O–H groups in total. The molecule has 0 bridgehead atoms. The highest BCUT2D eigenvalue weighted by Gasteiger charge is 2.37. The number of likely N-dealkylation sites (N-methyl/N-ethyl adjacent to an activating group) is 1. The zero-order valence-electron chi connectivity index (χ0n) is 19.3. The molecule has 0 aromatic heterocycles. The summed E-state index contributed by atoms with van der Waals surface area (Å²) in [5, 5.41) is 0. The number of nitrogens with zero attached hydrogens (tertiary/aromatic N) is 3. The van der Waals surface area contributed by atoms with Crippen molar-refractivity contribution in [2.45, 2.75) is 32.2 Å². The van der Waals surface area contributed by atoms with Crippen LogP contribution in [0.3, 0.4) is 0 Å². The number of amides is 3. The van der Waals surface area contributed by atoms with Crippen molar-refractivity contribution in [3.63, 3.8) is 0 Å². The van der Waals surface area contributed by atoms with E-state index in [0.717, 1.165) is 28.9 Å². The molecule has 2 aliphatic heterocycles. The molecule has 2 aliphatic rings.